The molecule has 322 valence electrons. The second-order valence-corrected chi connectivity index (χ2v) is 17.7. The lowest BCUT2D eigenvalue weighted by atomic mass is 9.42. The molecule has 6 fully saturated rings. The number of carboxylic acid groups (broad SMARTS) is 1. The Bertz CT molecular complexity index is 1390. The van der Waals surface area contributed by atoms with E-state index in [-0.39, 0.29) is 22.7 Å². The van der Waals surface area contributed by atoms with Gasteiger partial charge in [0, 0.05) is 0 Å². The van der Waals surface area contributed by atoms with Crippen LogP contribution in [0.5, 0.6) is 0 Å². The van der Waals surface area contributed by atoms with Crippen LogP contribution in [0.3, 0.4) is 0 Å². The molecule has 3 aliphatic carbocycles. The number of fused-ring (bicyclic) bond motifs is 3. The van der Waals surface area contributed by atoms with Crippen LogP contribution in [-0.2, 0) is 33.2 Å². The summed E-state index contributed by atoms with van der Waals surface area (Å²) in [6, 6.07) is 0. The average Bonchev–Trinajstić information content (AvgIpc) is 3.28. The van der Waals surface area contributed by atoms with E-state index in [9.17, 15) is 61.0 Å². The molecule has 18 heteroatoms. The van der Waals surface area contributed by atoms with Gasteiger partial charge in [-0.2, -0.15) is 0 Å². The molecule has 0 bridgehead atoms. The summed E-state index contributed by atoms with van der Waals surface area (Å²) >= 11 is 0. The van der Waals surface area contributed by atoms with Gasteiger partial charge < -0.3 is 84.6 Å². The summed E-state index contributed by atoms with van der Waals surface area (Å²) in [5.41, 5.74) is -0.554. The predicted molar refractivity (Wildman–Crippen MR) is 189 cm³/mol. The monoisotopic (exact) mass is 806 g/mol. The zero-order valence-corrected chi connectivity index (χ0v) is 32.2. The highest BCUT2D eigenvalue weighted by Crippen LogP contribution is 2.67. The van der Waals surface area contributed by atoms with Gasteiger partial charge in [0.2, 0.25) is 0 Å². The van der Waals surface area contributed by atoms with E-state index in [4.69, 9.17) is 28.4 Å². The van der Waals surface area contributed by atoms with E-state index in [1.54, 1.807) is 0 Å². The number of hydrogen-bond acceptors (Lipinski definition) is 17. The molecule has 0 aromatic carbocycles. The van der Waals surface area contributed by atoms with Crippen LogP contribution in [0.1, 0.15) is 72.1 Å². The number of aliphatic carboxylic acids is 1. The molecule has 56 heavy (non-hydrogen) atoms. The van der Waals surface area contributed by atoms with E-state index in [0.29, 0.717) is 25.7 Å². The fourth-order valence-corrected chi connectivity index (χ4v) is 11.2. The van der Waals surface area contributed by atoms with Gasteiger partial charge in [-0.05, 0) is 80.1 Å². The maximum Gasteiger partial charge on any atom is 0.309 e. The number of rotatable bonds is 10. The largest absolute Gasteiger partial charge is 0.481 e. The number of carboxylic acids is 1. The first kappa shape index (κ1) is 44.1. The van der Waals surface area contributed by atoms with E-state index in [0.717, 1.165) is 31.3 Å². The molecule has 3 saturated carbocycles. The van der Waals surface area contributed by atoms with Gasteiger partial charge >= 0.3 is 5.97 Å². The Hall–Kier alpha value is -1.43. The van der Waals surface area contributed by atoms with Gasteiger partial charge in [-0.15, -0.1) is 0 Å². The van der Waals surface area contributed by atoms with Gasteiger partial charge in [-0.1, -0.05) is 26.8 Å². The standard InChI is InChI=1S/C38H62O18/c1-16-12-36(2)11-8-22-37(3,9-5-10-38(22,4)35(49)50)21(36)7-6-17(16)51-34-31(27(46)24(43)19(14-40)54-34)56-33-29(48)30(25(44)20(15-41)53-33)55-32-28(47)26(45)23(42)18(13-39)52-32/h17-34,39-48H,1,5-15H2,2-4H3,(H,49,50)/t17-,18?,19?,20?,21-,22+,23?,24?,25?,26?,27?,28?,29?,30?,31?,32?,33?,34?,36-,37+,38-/m1/s1. The third-order valence-electron chi connectivity index (χ3n) is 14.3. The predicted octanol–water partition coefficient (Wildman–Crippen LogP) is -2.13. The summed E-state index contributed by atoms with van der Waals surface area (Å²) in [5, 5.41) is 116. The molecule has 18 nitrogen and oxygen atoms in total. The zero-order chi connectivity index (χ0) is 41.1. The topological polar surface area (TPSA) is 295 Å². The summed E-state index contributed by atoms with van der Waals surface area (Å²) in [6.07, 6.45) is -20.3. The van der Waals surface area contributed by atoms with Crippen molar-refractivity contribution in [2.45, 2.75) is 170 Å². The van der Waals surface area contributed by atoms with E-state index < -0.39 is 129 Å². The Kier molecular flexibility index (Phi) is 13.3. The minimum atomic E-state index is -1.95. The van der Waals surface area contributed by atoms with Crippen molar-refractivity contribution < 1.29 is 89.4 Å². The molecular weight excluding hydrogens is 744 g/mol. The van der Waals surface area contributed by atoms with Crippen LogP contribution in [-0.4, -0.2) is 180 Å². The van der Waals surface area contributed by atoms with Crippen molar-refractivity contribution >= 4 is 5.97 Å². The molecule has 21 atom stereocenters. The Labute approximate surface area is 325 Å². The molecule has 0 aromatic heterocycles. The number of ether oxygens (including phenoxy) is 6. The van der Waals surface area contributed by atoms with Gasteiger partial charge in [0.05, 0.1) is 31.3 Å². The lowest BCUT2D eigenvalue weighted by molar-refractivity contribution is -0.387. The van der Waals surface area contributed by atoms with Crippen molar-refractivity contribution in [2.75, 3.05) is 19.8 Å². The molecule has 0 radical (unpaired) electrons. The van der Waals surface area contributed by atoms with Crippen LogP contribution in [0.4, 0.5) is 0 Å². The molecule has 3 aliphatic heterocycles. The molecule has 0 spiro atoms. The Morgan fingerprint density at radius 3 is 1.80 bits per heavy atom. The fraction of sp³-hybridized carbons (Fsp3) is 0.921. The van der Waals surface area contributed by atoms with Crippen molar-refractivity contribution in [1.82, 2.24) is 0 Å². The van der Waals surface area contributed by atoms with E-state index in [2.05, 4.69) is 20.4 Å². The Balaban J connectivity index is 1.22. The van der Waals surface area contributed by atoms with Crippen molar-refractivity contribution in [1.29, 1.82) is 0 Å². The van der Waals surface area contributed by atoms with Crippen LogP contribution in [0.25, 0.3) is 0 Å². The normalized spacial score (nSPS) is 52.8. The SMILES string of the molecule is C=C1C[C@@]2(C)CC[C@H]3[C@@](C)(CCC[C@@]3(C)C(=O)O)[C@@H]2CC[C@H]1OC1OC(CO)C(O)C(O)C1OC1OC(CO)C(O)C(OC2OC(CO)C(O)C(O)C2O)C1O. The highest BCUT2D eigenvalue weighted by molar-refractivity contribution is 5.75. The van der Waals surface area contributed by atoms with E-state index in [1.807, 2.05) is 6.92 Å². The first-order valence-electron chi connectivity index (χ1n) is 19.8. The minimum Gasteiger partial charge on any atom is -0.481 e. The number of hydrogen-bond donors (Lipinski definition) is 11. The zero-order valence-electron chi connectivity index (χ0n) is 32.2. The van der Waals surface area contributed by atoms with E-state index in [1.165, 1.54) is 0 Å². The Morgan fingerprint density at radius 1 is 0.643 bits per heavy atom. The lowest BCUT2D eigenvalue weighted by Gasteiger charge is -2.62. The van der Waals surface area contributed by atoms with Gasteiger partial charge in [-0.3, -0.25) is 4.79 Å². The first-order valence-corrected chi connectivity index (χ1v) is 19.8. The maximum absolute atomic E-state index is 12.6. The van der Waals surface area contributed by atoms with Gasteiger partial charge in [0.25, 0.3) is 0 Å². The van der Waals surface area contributed by atoms with Gasteiger partial charge in [0.15, 0.2) is 18.9 Å². The second-order valence-electron chi connectivity index (χ2n) is 17.7. The third-order valence-corrected chi connectivity index (χ3v) is 14.3. The van der Waals surface area contributed by atoms with Crippen molar-refractivity contribution in [3.05, 3.63) is 12.2 Å². The van der Waals surface area contributed by atoms with E-state index >= 15 is 0 Å². The van der Waals surface area contributed by atoms with Crippen LogP contribution in [0.15, 0.2) is 12.2 Å². The van der Waals surface area contributed by atoms with Gasteiger partial charge in [-0.25, -0.2) is 0 Å². The number of aliphatic hydroxyl groups excluding tert-OH is 10. The minimum absolute atomic E-state index is 0.0110. The van der Waals surface area contributed by atoms with Crippen LogP contribution in [0.2, 0.25) is 0 Å². The number of carbonyl (C=O) groups is 1. The molecule has 6 rings (SSSR count). The molecule has 6 aliphatic rings. The highest BCUT2D eigenvalue weighted by Gasteiger charge is 2.62. The van der Waals surface area contributed by atoms with Gasteiger partial charge in [0.1, 0.15) is 73.2 Å². The maximum atomic E-state index is 12.6. The Morgan fingerprint density at radius 2 is 1.20 bits per heavy atom. The summed E-state index contributed by atoms with van der Waals surface area (Å²) < 4.78 is 35.3. The quantitative estimate of drug-likeness (QED) is 0.105. The molecule has 0 aromatic rings. The van der Waals surface area contributed by atoms with Crippen molar-refractivity contribution in [3.8, 4) is 0 Å². The molecule has 11 N–H and O–H groups in total. The fourth-order valence-electron chi connectivity index (χ4n) is 11.2. The molecule has 0 amide bonds. The number of aliphatic hydroxyl groups is 10. The summed E-state index contributed by atoms with van der Waals surface area (Å²) in [6.45, 7) is 8.42. The van der Waals surface area contributed by atoms with Crippen molar-refractivity contribution in [3.63, 3.8) is 0 Å². The summed E-state index contributed by atoms with van der Waals surface area (Å²) in [4.78, 5) is 12.6. The summed E-state index contributed by atoms with van der Waals surface area (Å²) in [5.74, 6) is -0.638. The molecule has 15 unspecified atom stereocenters. The van der Waals surface area contributed by atoms with Crippen LogP contribution < -0.4 is 0 Å². The molecule has 3 saturated heterocycles. The third kappa shape index (κ3) is 7.72. The molecule has 3 heterocycles. The van der Waals surface area contributed by atoms with Crippen molar-refractivity contribution in [2.24, 2.45) is 28.1 Å². The molecular formula is C38H62O18. The highest BCUT2D eigenvalue weighted by atomic mass is 16.8. The van der Waals surface area contributed by atoms with Crippen LogP contribution >= 0.6 is 0 Å². The average molecular weight is 807 g/mol. The first-order chi connectivity index (χ1) is 26.3. The summed E-state index contributed by atoms with van der Waals surface area (Å²) in [7, 11) is 0. The second kappa shape index (κ2) is 16.9. The van der Waals surface area contributed by atoms with Crippen LogP contribution in [0, 0.1) is 28.1 Å². The smallest absolute Gasteiger partial charge is 0.309 e. The lowest BCUT2D eigenvalue weighted by Crippen LogP contribution is -2.67.